The van der Waals surface area contributed by atoms with Crippen molar-refractivity contribution in [2.24, 2.45) is 0 Å². The fourth-order valence-electron chi connectivity index (χ4n) is 2.78. The highest BCUT2D eigenvalue weighted by Crippen LogP contribution is 2.23. The second-order valence-electron chi connectivity index (χ2n) is 5.74. The maximum atomic E-state index is 13.8. The fourth-order valence-corrected chi connectivity index (χ4v) is 4.14. The van der Waals surface area contributed by atoms with E-state index in [1.165, 1.54) is 10.9 Å². The van der Waals surface area contributed by atoms with Crippen LogP contribution < -0.4 is 0 Å². The largest absolute Gasteiger partial charge is 0.340 e. The average molecular weight is 387 g/mol. The van der Waals surface area contributed by atoms with Crippen LogP contribution in [0.4, 0.5) is 4.39 Å². The van der Waals surface area contributed by atoms with Gasteiger partial charge in [0, 0.05) is 48.2 Å². The molecule has 0 bridgehead atoms. The molecule has 24 heavy (non-hydrogen) atoms. The highest BCUT2D eigenvalue weighted by molar-refractivity contribution is 7.16. The lowest BCUT2D eigenvalue weighted by atomic mass is 10.1. The molecule has 2 heterocycles. The van der Waals surface area contributed by atoms with Crippen LogP contribution in [0, 0.1) is 5.82 Å². The summed E-state index contributed by atoms with van der Waals surface area (Å²) in [6.45, 7) is 3.73. The first kappa shape index (κ1) is 17.7. The van der Waals surface area contributed by atoms with Gasteiger partial charge < -0.3 is 4.90 Å². The maximum Gasteiger partial charge on any atom is 0.227 e. The van der Waals surface area contributed by atoms with E-state index in [2.05, 4.69) is 4.90 Å². The molecule has 0 radical (unpaired) electrons. The average Bonchev–Trinajstić information content (AvgIpc) is 2.96. The molecule has 128 valence electrons. The number of carbonyl (C=O) groups excluding carboxylic acids is 1. The van der Waals surface area contributed by atoms with E-state index in [4.69, 9.17) is 23.2 Å². The zero-order valence-electron chi connectivity index (χ0n) is 13.0. The van der Waals surface area contributed by atoms with Crippen LogP contribution >= 0.6 is 34.5 Å². The number of amides is 1. The third-order valence-corrected chi connectivity index (χ3v) is 5.69. The second kappa shape index (κ2) is 7.83. The summed E-state index contributed by atoms with van der Waals surface area (Å²) in [5, 5.41) is 0.302. The van der Waals surface area contributed by atoms with Gasteiger partial charge in [-0.25, -0.2) is 4.39 Å². The first-order chi connectivity index (χ1) is 11.5. The van der Waals surface area contributed by atoms with E-state index < -0.39 is 5.82 Å². The molecule has 0 spiro atoms. The highest BCUT2D eigenvalue weighted by Gasteiger charge is 2.23. The van der Waals surface area contributed by atoms with Crippen LogP contribution in [0.5, 0.6) is 0 Å². The zero-order chi connectivity index (χ0) is 17.1. The van der Waals surface area contributed by atoms with Gasteiger partial charge in [-0.05, 0) is 24.3 Å². The molecule has 2 aromatic rings. The Morgan fingerprint density at radius 3 is 2.50 bits per heavy atom. The van der Waals surface area contributed by atoms with Crippen LogP contribution in [-0.4, -0.2) is 41.9 Å². The van der Waals surface area contributed by atoms with E-state index in [1.807, 2.05) is 12.1 Å². The van der Waals surface area contributed by atoms with Crippen molar-refractivity contribution in [2.75, 3.05) is 26.2 Å². The Morgan fingerprint density at radius 1 is 1.12 bits per heavy atom. The Bertz CT molecular complexity index is 709. The monoisotopic (exact) mass is 386 g/mol. The highest BCUT2D eigenvalue weighted by atomic mass is 35.5. The van der Waals surface area contributed by atoms with Gasteiger partial charge in [0.05, 0.1) is 10.8 Å². The molecule has 1 aromatic carbocycles. The molecule has 1 aliphatic rings. The molecule has 1 amide bonds. The Balaban J connectivity index is 1.53. The van der Waals surface area contributed by atoms with E-state index in [9.17, 15) is 9.18 Å². The molecule has 0 aliphatic carbocycles. The van der Waals surface area contributed by atoms with Crippen molar-refractivity contribution in [3.63, 3.8) is 0 Å². The number of carbonyl (C=O) groups is 1. The lowest BCUT2D eigenvalue weighted by Gasteiger charge is -2.34. The molecule has 3 nitrogen and oxygen atoms in total. The summed E-state index contributed by atoms with van der Waals surface area (Å²) in [6, 6.07) is 8.42. The molecule has 1 aliphatic heterocycles. The third-order valence-electron chi connectivity index (χ3n) is 4.12. The summed E-state index contributed by atoms with van der Waals surface area (Å²) in [5.41, 5.74) is 0.278. The van der Waals surface area contributed by atoms with Crippen molar-refractivity contribution < 1.29 is 9.18 Å². The van der Waals surface area contributed by atoms with E-state index >= 15 is 0 Å². The number of nitrogens with zero attached hydrogens (tertiary/aromatic N) is 2. The van der Waals surface area contributed by atoms with Crippen LogP contribution in [0.3, 0.4) is 0 Å². The molecule has 0 unspecified atom stereocenters. The molecule has 3 rings (SSSR count). The smallest absolute Gasteiger partial charge is 0.227 e. The van der Waals surface area contributed by atoms with Crippen molar-refractivity contribution in [3.8, 4) is 0 Å². The number of piperazine rings is 1. The summed E-state index contributed by atoms with van der Waals surface area (Å²) in [6.07, 6.45) is 0.00599. The van der Waals surface area contributed by atoms with Crippen LogP contribution in [0.2, 0.25) is 9.36 Å². The first-order valence-corrected chi connectivity index (χ1v) is 9.27. The van der Waals surface area contributed by atoms with Gasteiger partial charge in [0.15, 0.2) is 0 Å². The SMILES string of the molecule is O=C(Cc1c(F)cccc1Cl)N1CCN(Cc2ccc(Cl)s2)CC1. The summed E-state index contributed by atoms with van der Waals surface area (Å²) < 4.78 is 14.6. The van der Waals surface area contributed by atoms with Crippen molar-refractivity contribution in [2.45, 2.75) is 13.0 Å². The standard InChI is InChI=1S/C17H17Cl2FN2OS/c18-14-2-1-3-15(20)13(14)10-17(23)22-8-6-21(7-9-22)11-12-4-5-16(19)24-12/h1-5H,6-11H2. The molecule has 1 aromatic heterocycles. The number of hydrogen-bond acceptors (Lipinski definition) is 3. The maximum absolute atomic E-state index is 13.8. The van der Waals surface area contributed by atoms with Gasteiger partial charge in [0.2, 0.25) is 5.91 Å². The van der Waals surface area contributed by atoms with Gasteiger partial charge >= 0.3 is 0 Å². The Kier molecular flexibility index (Phi) is 5.76. The van der Waals surface area contributed by atoms with E-state index in [1.54, 1.807) is 28.4 Å². The number of hydrogen-bond donors (Lipinski definition) is 0. The minimum absolute atomic E-state index is 0.00599. The van der Waals surface area contributed by atoms with E-state index in [0.29, 0.717) is 18.1 Å². The van der Waals surface area contributed by atoms with Crippen molar-refractivity contribution in [1.82, 2.24) is 9.80 Å². The molecule has 0 atom stereocenters. The van der Waals surface area contributed by atoms with E-state index in [0.717, 1.165) is 24.0 Å². The molecule has 0 N–H and O–H groups in total. The number of halogens is 3. The number of thiophene rings is 1. The minimum atomic E-state index is -0.427. The normalized spacial score (nSPS) is 15.7. The van der Waals surface area contributed by atoms with E-state index in [-0.39, 0.29) is 17.9 Å². The van der Waals surface area contributed by atoms with Gasteiger partial charge in [-0.3, -0.25) is 9.69 Å². The lowest BCUT2D eigenvalue weighted by Crippen LogP contribution is -2.48. The third kappa shape index (κ3) is 4.28. The number of rotatable bonds is 4. The topological polar surface area (TPSA) is 23.6 Å². The molecule has 7 heteroatoms. The second-order valence-corrected chi connectivity index (χ2v) is 7.95. The van der Waals surface area contributed by atoms with Gasteiger partial charge in [0.1, 0.15) is 5.82 Å². The van der Waals surface area contributed by atoms with Crippen molar-refractivity contribution >= 4 is 40.4 Å². The molecule has 1 fully saturated rings. The summed E-state index contributed by atoms with van der Waals surface area (Å²) in [5.74, 6) is -0.509. The lowest BCUT2D eigenvalue weighted by molar-refractivity contribution is -0.132. The molecular weight excluding hydrogens is 370 g/mol. The minimum Gasteiger partial charge on any atom is -0.340 e. The summed E-state index contributed by atoms with van der Waals surface area (Å²) >= 11 is 13.5. The van der Waals surface area contributed by atoms with Crippen molar-refractivity contribution in [3.05, 3.63) is 55.9 Å². The van der Waals surface area contributed by atoms with Gasteiger partial charge in [-0.15, -0.1) is 11.3 Å². The quantitative estimate of drug-likeness (QED) is 0.789. The van der Waals surface area contributed by atoms with Crippen LogP contribution in [0.25, 0.3) is 0 Å². The first-order valence-electron chi connectivity index (χ1n) is 7.70. The van der Waals surface area contributed by atoms with Crippen LogP contribution in [0.1, 0.15) is 10.4 Å². The predicted octanol–water partition coefficient (Wildman–Crippen LogP) is 4.08. The molecule has 0 saturated carbocycles. The molecular formula is C17H17Cl2FN2OS. The van der Waals surface area contributed by atoms with Crippen LogP contribution in [0.15, 0.2) is 30.3 Å². The Morgan fingerprint density at radius 2 is 1.88 bits per heavy atom. The summed E-state index contributed by atoms with van der Waals surface area (Å²) in [4.78, 5) is 17.7. The fraction of sp³-hybridized carbons (Fsp3) is 0.353. The van der Waals surface area contributed by atoms with Gasteiger partial charge in [0.25, 0.3) is 0 Å². The van der Waals surface area contributed by atoms with Crippen LogP contribution in [-0.2, 0) is 17.8 Å². The predicted molar refractivity (Wildman–Crippen MR) is 96.3 cm³/mol. The van der Waals surface area contributed by atoms with Gasteiger partial charge in [-0.2, -0.15) is 0 Å². The zero-order valence-corrected chi connectivity index (χ0v) is 15.3. The summed E-state index contributed by atoms with van der Waals surface area (Å²) in [7, 11) is 0. The Hall–Kier alpha value is -1.14. The van der Waals surface area contributed by atoms with Crippen molar-refractivity contribution in [1.29, 1.82) is 0 Å². The van der Waals surface area contributed by atoms with Gasteiger partial charge in [-0.1, -0.05) is 29.3 Å². The molecule has 1 saturated heterocycles. The Labute approximate surface area is 154 Å². The number of benzene rings is 1.